The van der Waals surface area contributed by atoms with Gasteiger partial charge in [0, 0.05) is 17.3 Å². The third-order valence-electron chi connectivity index (χ3n) is 4.70. The maximum atomic E-state index is 12.4. The Labute approximate surface area is 192 Å². The van der Waals surface area contributed by atoms with Crippen molar-refractivity contribution in [3.8, 4) is 5.75 Å². The van der Waals surface area contributed by atoms with Gasteiger partial charge in [-0.05, 0) is 81.6 Å². The van der Waals surface area contributed by atoms with Crippen molar-refractivity contribution < 1.29 is 9.53 Å². The normalized spacial score (nSPS) is 11.9. The van der Waals surface area contributed by atoms with Gasteiger partial charge in [-0.2, -0.15) is 0 Å². The van der Waals surface area contributed by atoms with E-state index in [1.807, 2.05) is 63.5 Å². The van der Waals surface area contributed by atoms with Crippen molar-refractivity contribution in [1.82, 2.24) is 14.8 Å². The molecular formula is C23H27ClN4O2S. The Morgan fingerprint density at radius 1 is 1.16 bits per heavy atom. The molecule has 0 saturated heterocycles. The molecule has 0 aliphatic carbocycles. The highest BCUT2D eigenvalue weighted by atomic mass is 35.5. The van der Waals surface area contributed by atoms with Crippen molar-refractivity contribution in [2.75, 3.05) is 11.1 Å². The van der Waals surface area contributed by atoms with Gasteiger partial charge in [0.05, 0.1) is 5.75 Å². The maximum absolute atomic E-state index is 12.4. The third kappa shape index (κ3) is 6.02. The molecule has 3 aromatic rings. The molecule has 8 heteroatoms. The molecule has 0 aliphatic heterocycles. The van der Waals surface area contributed by atoms with Gasteiger partial charge in [-0.1, -0.05) is 29.4 Å². The molecule has 0 fully saturated rings. The summed E-state index contributed by atoms with van der Waals surface area (Å²) in [6.07, 6.45) is -0.300. The first kappa shape index (κ1) is 23.2. The van der Waals surface area contributed by atoms with Crippen LogP contribution in [0.25, 0.3) is 0 Å². The van der Waals surface area contributed by atoms with Crippen LogP contribution in [0.3, 0.4) is 0 Å². The second-order valence-corrected chi connectivity index (χ2v) is 8.85. The molecule has 3 rings (SSSR count). The lowest BCUT2D eigenvalue weighted by Crippen LogP contribution is -2.15. The zero-order valence-corrected chi connectivity index (χ0v) is 20.0. The zero-order valence-electron chi connectivity index (χ0n) is 18.4. The molecule has 6 nitrogen and oxygen atoms in total. The molecule has 2 aromatic carbocycles. The molecule has 164 valence electrons. The van der Waals surface area contributed by atoms with E-state index in [2.05, 4.69) is 21.6 Å². The smallest absolute Gasteiger partial charge is 0.234 e. The third-order valence-corrected chi connectivity index (χ3v) is 5.91. The summed E-state index contributed by atoms with van der Waals surface area (Å²) in [5.41, 5.74) is 3.99. The fourth-order valence-electron chi connectivity index (χ4n) is 3.37. The quantitative estimate of drug-likeness (QED) is 0.435. The number of carbonyl (C=O) groups is 1. The number of hydrogen-bond donors (Lipinski definition) is 1. The summed E-state index contributed by atoms with van der Waals surface area (Å²) >= 11 is 7.39. The average Bonchev–Trinajstić information content (AvgIpc) is 3.10. The highest BCUT2D eigenvalue weighted by Crippen LogP contribution is 2.28. The minimum atomic E-state index is -0.300. The number of carbonyl (C=O) groups excluding carboxylic acids is 1. The number of hydrogen-bond acceptors (Lipinski definition) is 5. The lowest BCUT2D eigenvalue weighted by atomic mass is 10.1. The molecule has 1 unspecified atom stereocenters. The van der Waals surface area contributed by atoms with Crippen LogP contribution in [0.2, 0.25) is 5.02 Å². The van der Waals surface area contributed by atoms with Crippen molar-refractivity contribution in [2.24, 2.45) is 0 Å². The topological polar surface area (TPSA) is 69.0 Å². The summed E-state index contributed by atoms with van der Waals surface area (Å²) in [6, 6.07) is 11.5. The predicted octanol–water partition coefficient (Wildman–Crippen LogP) is 5.75. The molecule has 1 aromatic heterocycles. The summed E-state index contributed by atoms with van der Waals surface area (Å²) in [5, 5.41) is 12.9. The van der Waals surface area contributed by atoms with E-state index in [-0.39, 0.29) is 17.8 Å². The van der Waals surface area contributed by atoms with Crippen molar-refractivity contribution in [2.45, 2.75) is 52.4 Å². The number of rotatable bonds is 8. The Bertz CT molecular complexity index is 1060. The molecule has 0 radical (unpaired) electrons. The summed E-state index contributed by atoms with van der Waals surface area (Å²) < 4.78 is 8.08. The van der Waals surface area contributed by atoms with E-state index in [1.54, 1.807) is 6.07 Å². The lowest BCUT2D eigenvalue weighted by molar-refractivity contribution is -0.113. The highest BCUT2D eigenvalue weighted by molar-refractivity contribution is 7.99. The van der Waals surface area contributed by atoms with Gasteiger partial charge in [0.25, 0.3) is 0 Å². The number of thioether (sulfide) groups is 1. The van der Waals surface area contributed by atoms with Crippen LogP contribution in [0.1, 0.15) is 42.5 Å². The van der Waals surface area contributed by atoms with Crippen molar-refractivity contribution in [1.29, 1.82) is 0 Å². The monoisotopic (exact) mass is 458 g/mol. The molecule has 1 atom stereocenters. The van der Waals surface area contributed by atoms with Gasteiger partial charge in [0.2, 0.25) is 5.91 Å². The molecule has 31 heavy (non-hydrogen) atoms. The zero-order chi connectivity index (χ0) is 22.5. The van der Waals surface area contributed by atoms with Crippen LogP contribution in [0.4, 0.5) is 5.69 Å². The van der Waals surface area contributed by atoms with Crippen molar-refractivity contribution in [3.63, 3.8) is 0 Å². The first-order valence-corrected chi connectivity index (χ1v) is 11.5. The maximum Gasteiger partial charge on any atom is 0.234 e. The van der Waals surface area contributed by atoms with E-state index < -0.39 is 0 Å². The van der Waals surface area contributed by atoms with Gasteiger partial charge in [-0.15, -0.1) is 10.2 Å². The Balaban J connectivity index is 1.65. The van der Waals surface area contributed by atoms with E-state index in [0.717, 1.165) is 28.1 Å². The standard InChI is InChI=1S/C23H27ClN4O2S/c1-6-28-22(17(5)30-20-8-7-18(24)12-16(20)4)26-27-23(28)31-13-21(29)25-19-10-14(2)9-15(3)11-19/h7-12,17H,6,13H2,1-5H3,(H,25,29). The number of halogens is 1. The number of benzene rings is 2. The highest BCUT2D eigenvalue weighted by Gasteiger charge is 2.20. The first-order chi connectivity index (χ1) is 14.8. The van der Waals surface area contributed by atoms with Gasteiger partial charge in [-0.25, -0.2) is 0 Å². The van der Waals surface area contributed by atoms with Gasteiger partial charge in [0.15, 0.2) is 17.1 Å². The number of amides is 1. The van der Waals surface area contributed by atoms with Crippen LogP contribution in [0.15, 0.2) is 41.6 Å². The average molecular weight is 459 g/mol. The molecular weight excluding hydrogens is 432 g/mol. The van der Waals surface area contributed by atoms with Gasteiger partial charge in [0.1, 0.15) is 5.75 Å². The predicted molar refractivity (Wildman–Crippen MR) is 126 cm³/mol. The van der Waals surface area contributed by atoms with Crippen molar-refractivity contribution in [3.05, 3.63) is 63.9 Å². The van der Waals surface area contributed by atoms with Gasteiger partial charge in [-0.3, -0.25) is 4.79 Å². The summed E-state index contributed by atoms with van der Waals surface area (Å²) in [4.78, 5) is 12.4. The second-order valence-electron chi connectivity index (χ2n) is 7.47. The number of nitrogens with one attached hydrogen (secondary N) is 1. The molecule has 0 aliphatic rings. The van der Waals surface area contributed by atoms with Crippen LogP contribution in [0, 0.1) is 20.8 Å². The van der Waals surface area contributed by atoms with Crippen molar-refractivity contribution >= 4 is 35.0 Å². The number of ether oxygens (including phenoxy) is 1. The van der Waals surface area contributed by atoms with Crippen LogP contribution in [0.5, 0.6) is 5.75 Å². The first-order valence-electron chi connectivity index (χ1n) is 10.1. The van der Waals surface area contributed by atoms with Crippen LogP contribution in [-0.4, -0.2) is 26.4 Å². The number of aryl methyl sites for hydroxylation is 3. The molecule has 1 amide bonds. The number of nitrogens with zero attached hydrogens (tertiary/aromatic N) is 3. The van der Waals surface area contributed by atoms with Gasteiger partial charge < -0.3 is 14.6 Å². The fourth-order valence-corrected chi connectivity index (χ4v) is 4.40. The Morgan fingerprint density at radius 3 is 2.52 bits per heavy atom. The van der Waals surface area contributed by atoms with Gasteiger partial charge >= 0.3 is 0 Å². The van der Waals surface area contributed by atoms with E-state index in [1.165, 1.54) is 11.8 Å². The van der Waals surface area contributed by atoms with Crippen LogP contribution < -0.4 is 10.1 Å². The molecule has 1 heterocycles. The fraction of sp³-hybridized carbons (Fsp3) is 0.348. The summed E-state index contributed by atoms with van der Waals surface area (Å²) in [5.74, 6) is 1.64. The SMILES string of the molecule is CCn1c(SCC(=O)Nc2cc(C)cc(C)c2)nnc1C(C)Oc1ccc(Cl)cc1C. The van der Waals surface area contributed by atoms with E-state index in [9.17, 15) is 4.79 Å². The molecule has 0 spiro atoms. The molecule has 1 N–H and O–H groups in total. The number of anilines is 1. The minimum absolute atomic E-state index is 0.0803. The van der Waals surface area contributed by atoms with E-state index in [4.69, 9.17) is 16.3 Å². The van der Waals surface area contributed by atoms with E-state index >= 15 is 0 Å². The minimum Gasteiger partial charge on any atom is -0.482 e. The Hall–Kier alpha value is -2.51. The Morgan fingerprint density at radius 2 is 1.87 bits per heavy atom. The summed E-state index contributed by atoms with van der Waals surface area (Å²) in [6.45, 7) is 10.6. The van der Waals surface area contributed by atoms with Crippen LogP contribution in [-0.2, 0) is 11.3 Å². The second kappa shape index (κ2) is 10.2. The number of aromatic nitrogens is 3. The molecule has 0 saturated carbocycles. The lowest BCUT2D eigenvalue weighted by Gasteiger charge is -2.17. The van der Waals surface area contributed by atoms with Crippen LogP contribution >= 0.6 is 23.4 Å². The largest absolute Gasteiger partial charge is 0.482 e. The Kier molecular flexibility index (Phi) is 7.62. The van der Waals surface area contributed by atoms with E-state index in [0.29, 0.717) is 22.5 Å². The summed E-state index contributed by atoms with van der Waals surface area (Å²) in [7, 11) is 0. The molecule has 0 bridgehead atoms.